The molecule has 0 saturated heterocycles. The summed E-state index contributed by atoms with van der Waals surface area (Å²) in [5.74, 6) is 1.15. The molecule has 1 aliphatic heterocycles. The van der Waals surface area contributed by atoms with E-state index in [0.29, 0.717) is 12.4 Å². The second-order valence-electron chi connectivity index (χ2n) is 4.69. The van der Waals surface area contributed by atoms with Gasteiger partial charge in [0.2, 0.25) is 11.9 Å². The van der Waals surface area contributed by atoms with Crippen LogP contribution in [0.15, 0.2) is 36.7 Å². The van der Waals surface area contributed by atoms with E-state index in [2.05, 4.69) is 15.3 Å². The number of benzene rings is 1. The van der Waals surface area contributed by atoms with Crippen LogP contribution in [0.3, 0.4) is 0 Å². The largest absolute Gasteiger partial charge is 0.493 e. The van der Waals surface area contributed by atoms with Crippen LogP contribution in [0.1, 0.15) is 17.5 Å². The first-order valence-corrected chi connectivity index (χ1v) is 6.63. The quantitative estimate of drug-likeness (QED) is 0.925. The van der Waals surface area contributed by atoms with Crippen molar-refractivity contribution in [2.75, 3.05) is 11.9 Å². The number of hydrogen-bond donors (Lipinski definition) is 1. The maximum absolute atomic E-state index is 11.9. The van der Waals surface area contributed by atoms with Gasteiger partial charge in [0, 0.05) is 12.4 Å². The molecule has 0 radical (unpaired) electrons. The summed E-state index contributed by atoms with van der Waals surface area (Å²) in [5, 5.41) is 2.68. The Labute approximate surface area is 117 Å². The van der Waals surface area contributed by atoms with Crippen LogP contribution in [0, 0.1) is 0 Å². The first-order chi connectivity index (χ1) is 9.81. The molecule has 1 aromatic heterocycles. The zero-order valence-corrected chi connectivity index (χ0v) is 11.0. The molecule has 1 N–H and O–H groups in total. The zero-order chi connectivity index (χ0) is 13.8. The second kappa shape index (κ2) is 5.69. The van der Waals surface area contributed by atoms with E-state index >= 15 is 0 Å². The van der Waals surface area contributed by atoms with Gasteiger partial charge >= 0.3 is 0 Å². The molecule has 5 nitrogen and oxygen atoms in total. The van der Waals surface area contributed by atoms with Crippen LogP contribution in [0.5, 0.6) is 5.75 Å². The number of anilines is 1. The van der Waals surface area contributed by atoms with Gasteiger partial charge in [0.25, 0.3) is 0 Å². The number of fused-ring (bicyclic) bond motifs is 1. The van der Waals surface area contributed by atoms with Crippen molar-refractivity contribution in [3.05, 3.63) is 47.8 Å². The molecule has 5 heteroatoms. The SMILES string of the molecule is O=C(Cc1ccc2c(c1)CCCO2)Nc1ncccn1. The Kier molecular flexibility index (Phi) is 3.58. The molecule has 0 saturated carbocycles. The first kappa shape index (κ1) is 12.6. The molecule has 1 aromatic carbocycles. The van der Waals surface area contributed by atoms with E-state index in [1.54, 1.807) is 18.5 Å². The lowest BCUT2D eigenvalue weighted by atomic mass is 10.0. The van der Waals surface area contributed by atoms with Crippen molar-refractivity contribution >= 4 is 11.9 Å². The van der Waals surface area contributed by atoms with Crippen LogP contribution in [-0.2, 0) is 17.6 Å². The summed E-state index contributed by atoms with van der Waals surface area (Å²) in [6, 6.07) is 7.62. The molecule has 2 heterocycles. The molecule has 1 aliphatic rings. The van der Waals surface area contributed by atoms with Gasteiger partial charge in [0.1, 0.15) is 5.75 Å². The number of aromatic nitrogens is 2. The van der Waals surface area contributed by atoms with E-state index in [1.807, 2.05) is 18.2 Å². The van der Waals surface area contributed by atoms with Gasteiger partial charge in [-0.3, -0.25) is 10.1 Å². The van der Waals surface area contributed by atoms with Crippen molar-refractivity contribution < 1.29 is 9.53 Å². The minimum absolute atomic E-state index is 0.118. The Bertz CT molecular complexity index is 614. The lowest BCUT2D eigenvalue weighted by molar-refractivity contribution is -0.115. The average molecular weight is 269 g/mol. The number of rotatable bonds is 3. The Balaban J connectivity index is 1.67. The fourth-order valence-corrected chi connectivity index (χ4v) is 2.24. The number of aryl methyl sites for hydroxylation is 1. The number of nitrogens with zero attached hydrogens (tertiary/aromatic N) is 2. The molecule has 0 spiro atoms. The molecule has 1 amide bonds. The number of carbonyl (C=O) groups excluding carboxylic acids is 1. The van der Waals surface area contributed by atoms with E-state index in [9.17, 15) is 4.79 Å². The van der Waals surface area contributed by atoms with Crippen molar-refractivity contribution in [2.24, 2.45) is 0 Å². The Hall–Kier alpha value is -2.43. The van der Waals surface area contributed by atoms with Crippen molar-refractivity contribution in [3.8, 4) is 5.75 Å². The lowest BCUT2D eigenvalue weighted by Crippen LogP contribution is -2.16. The van der Waals surface area contributed by atoms with Crippen molar-refractivity contribution in [1.82, 2.24) is 9.97 Å². The summed E-state index contributed by atoms with van der Waals surface area (Å²) >= 11 is 0. The van der Waals surface area contributed by atoms with Crippen molar-refractivity contribution in [2.45, 2.75) is 19.3 Å². The summed E-state index contributed by atoms with van der Waals surface area (Å²) in [7, 11) is 0. The zero-order valence-electron chi connectivity index (χ0n) is 11.0. The Morgan fingerprint density at radius 2 is 2.15 bits per heavy atom. The fraction of sp³-hybridized carbons (Fsp3) is 0.267. The molecule has 102 valence electrons. The topological polar surface area (TPSA) is 64.1 Å². The number of nitrogens with one attached hydrogen (secondary N) is 1. The Morgan fingerprint density at radius 3 is 3.00 bits per heavy atom. The number of amides is 1. The van der Waals surface area contributed by atoms with Crippen molar-refractivity contribution in [3.63, 3.8) is 0 Å². The molecule has 0 unspecified atom stereocenters. The highest BCUT2D eigenvalue weighted by Gasteiger charge is 2.12. The highest BCUT2D eigenvalue weighted by molar-refractivity contribution is 5.90. The monoisotopic (exact) mass is 269 g/mol. The van der Waals surface area contributed by atoms with Crippen LogP contribution >= 0.6 is 0 Å². The third-order valence-electron chi connectivity index (χ3n) is 3.15. The van der Waals surface area contributed by atoms with Gasteiger partial charge in [-0.2, -0.15) is 0 Å². The van der Waals surface area contributed by atoms with Gasteiger partial charge in [0.05, 0.1) is 13.0 Å². The summed E-state index contributed by atoms with van der Waals surface area (Å²) < 4.78 is 5.56. The smallest absolute Gasteiger partial charge is 0.231 e. The summed E-state index contributed by atoms with van der Waals surface area (Å²) in [6.45, 7) is 0.776. The maximum atomic E-state index is 11.9. The first-order valence-electron chi connectivity index (χ1n) is 6.63. The summed E-state index contributed by atoms with van der Waals surface area (Å²) in [4.78, 5) is 19.9. The molecular weight excluding hydrogens is 254 g/mol. The minimum Gasteiger partial charge on any atom is -0.493 e. The lowest BCUT2D eigenvalue weighted by Gasteiger charge is -2.17. The van der Waals surface area contributed by atoms with Crippen LogP contribution in [0.25, 0.3) is 0 Å². The van der Waals surface area contributed by atoms with Crippen molar-refractivity contribution in [1.29, 1.82) is 0 Å². The molecule has 20 heavy (non-hydrogen) atoms. The summed E-state index contributed by atoms with van der Waals surface area (Å²) in [6.07, 6.45) is 5.54. The third-order valence-corrected chi connectivity index (χ3v) is 3.15. The molecule has 3 rings (SSSR count). The van der Waals surface area contributed by atoms with E-state index in [-0.39, 0.29) is 5.91 Å². The maximum Gasteiger partial charge on any atom is 0.231 e. The van der Waals surface area contributed by atoms with Gasteiger partial charge in [-0.1, -0.05) is 12.1 Å². The predicted molar refractivity (Wildman–Crippen MR) is 74.6 cm³/mol. The molecule has 0 bridgehead atoms. The number of ether oxygens (including phenoxy) is 1. The number of carbonyl (C=O) groups is 1. The molecule has 2 aromatic rings. The molecular formula is C15H15N3O2. The molecule has 0 atom stereocenters. The third kappa shape index (κ3) is 2.93. The predicted octanol–water partition coefficient (Wildman–Crippen LogP) is 1.98. The second-order valence-corrected chi connectivity index (χ2v) is 4.69. The molecule has 0 fully saturated rings. The van der Waals surface area contributed by atoms with Gasteiger partial charge in [-0.15, -0.1) is 0 Å². The summed E-state index contributed by atoms with van der Waals surface area (Å²) in [5.41, 5.74) is 2.15. The Morgan fingerprint density at radius 1 is 1.30 bits per heavy atom. The average Bonchev–Trinajstić information content (AvgIpc) is 2.48. The highest BCUT2D eigenvalue weighted by atomic mass is 16.5. The van der Waals surface area contributed by atoms with Crippen LogP contribution in [0.4, 0.5) is 5.95 Å². The van der Waals surface area contributed by atoms with E-state index in [0.717, 1.165) is 30.8 Å². The number of hydrogen-bond acceptors (Lipinski definition) is 4. The standard InChI is InChI=1S/C15H15N3O2/c19-14(18-15-16-6-2-7-17-15)10-11-4-5-13-12(9-11)3-1-8-20-13/h2,4-7,9H,1,3,8,10H2,(H,16,17,18,19). The van der Waals surface area contributed by atoms with Gasteiger partial charge in [-0.25, -0.2) is 9.97 Å². The highest BCUT2D eigenvalue weighted by Crippen LogP contribution is 2.25. The van der Waals surface area contributed by atoms with E-state index in [1.165, 1.54) is 5.56 Å². The minimum atomic E-state index is -0.118. The molecule has 0 aliphatic carbocycles. The van der Waals surface area contributed by atoms with Crippen LogP contribution < -0.4 is 10.1 Å². The van der Waals surface area contributed by atoms with Gasteiger partial charge in [-0.05, 0) is 36.1 Å². The fourth-order valence-electron chi connectivity index (χ4n) is 2.24. The van der Waals surface area contributed by atoms with E-state index in [4.69, 9.17) is 4.74 Å². The van der Waals surface area contributed by atoms with Crippen LogP contribution in [-0.4, -0.2) is 22.5 Å². The normalized spacial score (nSPS) is 13.2. The van der Waals surface area contributed by atoms with Crippen LogP contribution in [0.2, 0.25) is 0 Å². The van der Waals surface area contributed by atoms with Gasteiger partial charge in [0.15, 0.2) is 0 Å². The van der Waals surface area contributed by atoms with E-state index < -0.39 is 0 Å². The van der Waals surface area contributed by atoms with Gasteiger partial charge < -0.3 is 4.74 Å².